The van der Waals surface area contributed by atoms with Crippen LogP contribution in [0.4, 0.5) is 5.69 Å². The van der Waals surface area contributed by atoms with Crippen molar-refractivity contribution in [2.45, 2.75) is 11.8 Å². The first-order valence-electron chi connectivity index (χ1n) is 9.09. The monoisotopic (exact) mass is 441 g/mol. The third kappa shape index (κ3) is 5.25. The molecule has 0 saturated heterocycles. The zero-order valence-corrected chi connectivity index (χ0v) is 17.8. The normalized spacial score (nSPS) is 11.4. The minimum atomic E-state index is -3.95. The van der Waals surface area contributed by atoms with Crippen LogP contribution < -0.4 is 9.73 Å². The molecule has 0 radical (unpaired) electrons. The van der Waals surface area contributed by atoms with Crippen LogP contribution in [0.1, 0.15) is 11.1 Å². The van der Waals surface area contributed by atoms with E-state index in [1.54, 1.807) is 60.7 Å². The number of rotatable bonds is 7. The fraction of sp³-hybridized carbons (Fsp3) is 0.0909. The van der Waals surface area contributed by atoms with Gasteiger partial charge in [-0.15, -0.1) is 0 Å². The van der Waals surface area contributed by atoms with E-state index in [-0.39, 0.29) is 4.90 Å². The number of carbonyl (C=O) groups excluding carboxylic acids is 1. The maximum absolute atomic E-state index is 13.2. The van der Waals surface area contributed by atoms with E-state index in [9.17, 15) is 13.2 Å². The maximum Gasteiger partial charge on any atom is 0.264 e. The molecular weight excluding hydrogens is 422 g/mol. The Bertz CT molecular complexity index is 1170. The summed E-state index contributed by atoms with van der Waals surface area (Å²) in [6.45, 7) is 1.42. The van der Waals surface area contributed by atoms with E-state index in [0.717, 1.165) is 9.87 Å². The molecule has 0 atom stereocenters. The van der Waals surface area contributed by atoms with Crippen LogP contribution in [-0.4, -0.2) is 27.1 Å². The average Bonchev–Trinajstić information content (AvgIpc) is 2.74. The van der Waals surface area contributed by atoms with Crippen molar-refractivity contribution in [1.29, 1.82) is 0 Å². The van der Waals surface area contributed by atoms with Gasteiger partial charge in [-0.2, -0.15) is 5.10 Å². The van der Waals surface area contributed by atoms with Crippen molar-refractivity contribution >= 4 is 39.4 Å². The van der Waals surface area contributed by atoms with Crippen LogP contribution in [0.2, 0.25) is 5.02 Å². The van der Waals surface area contributed by atoms with Crippen LogP contribution in [0, 0.1) is 6.92 Å². The molecule has 154 valence electrons. The van der Waals surface area contributed by atoms with Gasteiger partial charge in [0.2, 0.25) is 0 Å². The van der Waals surface area contributed by atoms with E-state index in [0.29, 0.717) is 16.3 Å². The number of hydrazone groups is 1. The first-order chi connectivity index (χ1) is 14.4. The van der Waals surface area contributed by atoms with Gasteiger partial charge in [0.05, 0.1) is 16.8 Å². The van der Waals surface area contributed by atoms with Crippen molar-refractivity contribution in [2.75, 3.05) is 10.8 Å². The molecule has 0 aliphatic carbocycles. The molecule has 8 heteroatoms. The van der Waals surface area contributed by atoms with Crippen LogP contribution >= 0.6 is 11.6 Å². The van der Waals surface area contributed by atoms with Crippen LogP contribution in [0.15, 0.2) is 88.9 Å². The SMILES string of the molecule is Cc1cccc(N(CC(=O)N/N=C\c2ccccc2Cl)S(=O)(=O)c2ccccc2)c1. The lowest BCUT2D eigenvalue weighted by Gasteiger charge is -2.24. The van der Waals surface area contributed by atoms with Gasteiger partial charge in [-0.3, -0.25) is 9.10 Å². The largest absolute Gasteiger partial charge is 0.271 e. The Labute approximate surface area is 180 Å². The summed E-state index contributed by atoms with van der Waals surface area (Å²) >= 11 is 6.05. The molecule has 1 amide bonds. The van der Waals surface area contributed by atoms with Crippen LogP contribution in [0.5, 0.6) is 0 Å². The number of amides is 1. The highest BCUT2D eigenvalue weighted by Gasteiger charge is 2.27. The minimum Gasteiger partial charge on any atom is -0.271 e. The number of nitrogens with zero attached hydrogens (tertiary/aromatic N) is 2. The third-order valence-electron chi connectivity index (χ3n) is 4.21. The molecule has 0 saturated carbocycles. The first-order valence-corrected chi connectivity index (χ1v) is 10.9. The second-order valence-electron chi connectivity index (χ2n) is 6.48. The molecule has 0 spiro atoms. The van der Waals surface area contributed by atoms with E-state index in [2.05, 4.69) is 10.5 Å². The number of hydrogen-bond donors (Lipinski definition) is 1. The summed E-state index contributed by atoms with van der Waals surface area (Å²) in [5.41, 5.74) is 4.26. The zero-order valence-electron chi connectivity index (χ0n) is 16.2. The van der Waals surface area contributed by atoms with Crippen molar-refractivity contribution in [2.24, 2.45) is 5.10 Å². The summed E-state index contributed by atoms with van der Waals surface area (Å²) in [7, 11) is -3.95. The molecule has 30 heavy (non-hydrogen) atoms. The Morgan fingerprint density at radius 1 is 1.03 bits per heavy atom. The van der Waals surface area contributed by atoms with Crippen molar-refractivity contribution < 1.29 is 13.2 Å². The molecule has 3 aromatic carbocycles. The molecular formula is C22H20ClN3O3S. The van der Waals surface area contributed by atoms with E-state index in [4.69, 9.17) is 11.6 Å². The number of benzene rings is 3. The van der Waals surface area contributed by atoms with Gasteiger partial charge in [-0.05, 0) is 42.8 Å². The predicted octanol–water partition coefficient (Wildman–Crippen LogP) is 3.99. The molecule has 3 rings (SSSR count). The average molecular weight is 442 g/mol. The molecule has 0 heterocycles. The standard InChI is InChI=1S/C22H20ClN3O3S/c1-17-8-7-10-19(14-17)26(30(28,29)20-11-3-2-4-12-20)16-22(27)25-24-15-18-9-5-6-13-21(18)23/h2-15H,16H2,1H3,(H,25,27)/b24-15-. The van der Waals surface area contributed by atoms with Crippen LogP contribution in [0.25, 0.3) is 0 Å². The summed E-state index contributed by atoms with van der Waals surface area (Å²) in [5, 5.41) is 4.38. The van der Waals surface area contributed by atoms with Crippen molar-refractivity contribution in [3.05, 3.63) is 95.0 Å². The van der Waals surface area contributed by atoms with E-state index >= 15 is 0 Å². The van der Waals surface area contributed by atoms with Gasteiger partial charge in [0.15, 0.2) is 0 Å². The Morgan fingerprint density at radius 2 is 1.73 bits per heavy atom. The Morgan fingerprint density at radius 3 is 2.43 bits per heavy atom. The van der Waals surface area contributed by atoms with Crippen LogP contribution in [0.3, 0.4) is 0 Å². The number of anilines is 1. The number of nitrogens with one attached hydrogen (secondary N) is 1. The van der Waals surface area contributed by atoms with Gasteiger partial charge in [-0.1, -0.05) is 60.1 Å². The maximum atomic E-state index is 13.2. The Kier molecular flexibility index (Phi) is 6.87. The highest BCUT2D eigenvalue weighted by atomic mass is 35.5. The lowest BCUT2D eigenvalue weighted by molar-refractivity contribution is -0.119. The molecule has 0 aliphatic heterocycles. The van der Waals surface area contributed by atoms with Crippen LogP contribution in [-0.2, 0) is 14.8 Å². The van der Waals surface area contributed by atoms with Gasteiger partial charge >= 0.3 is 0 Å². The fourth-order valence-corrected chi connectivity index (χ4v) is 4.36. The Hall–Kier alpha value is -3.16. The van der Waals surface area contributed by atoms with Gasteiger partial charge in [0.1, 0.15) is 6.54 Å². The second kappa shape index (κ2) is 9.56. The predicted molar refractivity (Wildman–Crippen MR) is 119 cm³/mol. The molecule has 0 bridgehead atoms. The molecule has 1 N–H and O–H groups in total. The smallest absolute Gasteiger partial charge is 0.264 e. The summed E-state index contributed by atoms with van der Waals surface area (Å²) in [5.74, 6) is -0.584. The molecule has 0 unspecified atom stereocenters. The molecule has 3 aromatic rings. The van der Waals surface area contributed by atoms with E-state index in [1.165, 1.54) is 18.3 Å². The number of carbonyl (C=O) groups is 1. The Balaban J connectivity index is 1.84. The third-order valence-corrected chi connectivity index (χ3v) is 6.34. The number of hydrogen-bond acceptors (Lipinski definition) is 4. The van der Waals surface area contributed by atoms with E-state index in [1.807, 2.05) is 13.0 Å². The molecule has 0 fully saturated rings. The van der Waals surface area contributed by atoms with Crippen molar-refractivity contribution in [3.63, 3.8) is 0 Å². The number of aryl methyl sites for hydroxylation is 1. The van der Waals surface area contributed by atoms with Crippen molar-refractivity contribution in [1.82, 2.24) is 5.43 Å². The summed E-state index contributed by atoms with van der Waals surface area (Å²) in [6, 6.07) is 22.0. The first kappa shape index (κ1) is 21.5. The molecule has 0 aliphatic rings. The topological polar surface area (TPSA) is 78.8 Å². The highest BCUT2D eigenvalue weighted by molar-refractivity contribution is 7.92. The summed E-state index contributed by atoms with van der Waals surface area (Å²) in [4.78, 5) is 12.6. The van der Waals surface area contributed by atoms with Gasteiger partial charge in [0, 0.05) is 10.6 Å². The highest BCUT2D eigenvalue weighted by Crippen LogP contribution is 2.24. The van der Waals surface area contributed by atoms with Gasteiger partial charge < -0.3 is 0 Å². The second-order valence-corrected chi connectivity index (χ2v) is 8.75. The quantitative estimate of drug-likeness (QED) is 0.444. The van der Waals surface area contributed by atoms with Gasteiger partial charge in [-0.25, -0.2) is 13.8 Å². The number of sulfonamides is 1. The summed E-state index contributed by atoms with van der Waals surface area (Å²) in [6.07, 6.45) is 1.41. The molecule has 0 aromatic heterocycles. The zero-order chi connectivity index (χ0) is 21.6. The van der Waals surface area contributed by atoms with E-state index < -0.39 is 22.5 Å². The number of halogens is 1. The van der Waals surface area contributed by atoms with Crippen molar-refractivity contribution in [3.8, 4) is 0 Å². The van der Waals surface area contributed by atoms with Gasteiger partial charge in [0.25, 0.3) is 15.9 Å². The minimum absolute atomic E-state index is 0.0962. The lowest BCUT2D eigenvalue weighted by atomic mass is 10.2. The fourth-order valence-electron chi connectivity index (χ4n) is 2.74. The summed E-state index contributed by atoms with van der Waals surface area (Å²) < 4.78 is 27.5. The lowest BCUT2D eigenvalue weighted by Crippen LogP contribution is -2.39. The molecule has 6 nitrogen and oxygen atoms in total.